The SMILES string of the molecule is O=C(Nc1ccc(Oc2ccnc(NC(=O)C3CC3)c2)c(F)c1)c1c2n(n(-c3ccccc3)c1=O)CCOC2. The van der Waals surface area contributed by atoms with Crippen molar-refractivity contribution in [2.75, 3.05) is 17.2 Å². The van der Waals surface area contributed by atoms with Crippen LogP contribution in [0.2, 0.25) is 0 Å². The van der Waals surface area contributed by atoms with Gasteiger partial charge in [-0.3, -0.25) is 19.1 Å². The first-order chi connectivity index (χ1) is 19.0. The van der Waals surface area contributed by atoms with Crippen LogP contribution in [-0.2, 0) is 22.7 Å². The Kier molecular flexibility index (Phi) is 6.41. The molecule has 0 atom stereocenters. The molecule has 4 aromatic rings. The second-order valence-electron chi connectivity index (χ2n) is 9.29. The molecule has 3 heterocycles. The van der Waals surface area contributed by atoms with Gasteiger partial charge in [0.1, 0.15) is 17.1 Å². The number of amides is 2. The highest BCUT2D eigenvalue weighted by Gasteiger charge is 2.30. The van der Waals surface area contributed by atoms with Gasteiger partial charge in [0.25, 0.3) is 11.5 Å². The highest BCUT2D eigenvalue weighted by atomic mass is 19.1. The molecule has 6 rings (SSSR count). The van der Waals surface area contributed by atoms with E-state index in [4.69, 9.17) is 9.47 Å². The summed E-state index contributed by atoms with van der Waals surface area (Å²) in [5, 5.41) is 5.34. The Balaban J connectivity index is 1.21. The average molecular weight is 530 g/mol. The molecule has 1 fully saturated rings. The fourth-order valence-corrected chi connectivity index (χ4v) is 4.44. The van der Waals surface area contributed by atoms with Crippen LogP contribution >= 0.6 is 0 Å². The van der Waals surface area contributed by atoms with Gasteiger partial charge in [0.05, 0.1) is 31.1 Å². The molecule has 0 bridgehead atoms. The van der Waals surface area contributed by atoms with Crippen LogP contribution in [0.4, 0.5) is 15.9 Å². The summed E-state index contributed by atoms with van der Waals surface area (Å²) in [6.07, 6.45) is 3.18. The van der Waals surface area contributed by atoms with Crippen molar-refractivity contribution in [2.45, 2.75) is 26.0 Å². The van der Waals surface area contributed by atoms with Crippen LogP contribution in [0.15, 0.2) is 71.7 Å². The smallest absolute Gasteiger partial charge is 0.284 e. The van der Waals surface area contributed by atoms with Crippen molar-refractivity contribution in [3.8, 4) is 17.2 Å². The molecule has 2 amide bonds. The van der Waals surface area contributed by atoms with E-state index in [-0.39, 0.29) is 41.2 Å². The van der Waals surface area contributed by atoms with Crippen molar-refractivity contribution in [3.63, 3.8) is 0 Å². The number of para-hydroxylation sites is 1. The number of hydrogen-bond donors (Lipinski definition) is 2. The summed E-state index contributed by atoms with van der Waals surface area (Å²) in [4.78, 5) is 42.7. The van der Waals surface area contributed by atoms with Gasteiger partial charge in [-0.1, -0.05) is 18.2 Å². The number of ether oxygens (including phenoxy) is 2. The van der Waals surface area contributed by atoms with Gasteiger partial charge in [-0.05, 0) is 43.2 Å². The number of nitrogens with one attached hydrogen (secondary N) is 2. The summed E-state index contributed by atoms with van der Waals surface area (Å²) in [5.41, 5.74) is 0.692. The summed E-state index contributed by atoms with van der Waals surface area (Å²) in [7, 11) is 0. The number of nitrogens with zero attached hydrogens (tertiary/aromatic N) is 3. The van der Waals surface area contributed by atoms with Gasteiger partial charge in [-0.15, -0.1) is 0 Å². The Morgan fingerprint density at radius 3 is 2.64 bits per heavy atom. The number of fused-ring (bicyclic) bond motifs is 1. The Morgan fingerprint density at radius 1 is 1.05 bits per heavy atom. The molecule has 2 aromatic heterocycles. The number of benzene rings is 2. The summed E-state index contributed by atoms with van der Waals surface area (Å²) in [6, 6.07) is 16.0. The Labute approximate surface area is 222 Å². The number of anilines is 2. The maximum absolute atomic E-state index is 14.9. The van der Waals surface area contributed by atoms with Crippen LogP contribution in [-0.4, -0.2) is 32.8 Å². The molecule has 1 aliphatic heterocycles. The topological polar surface area (TPSA) is 116 Å². The van der Waals surface area contributed by atoms with Crippen molar-refractivity contribution in [2.24, 2.45) is 5.92 Å². The predicted octanol–water partition coefficient (Wildman–Crippen LogP) is 4.10. The van der Waals surface area contributed by atoms with Crippen LogP contribution in [0.5, 0.6) is 11.5 Å². The molecule has 1 saturated carbocycles. The highest BCUT2D eigenvalue weighted by molar-refractivity contribution is 6.05. The standard InChI is InChI=1S/C28H24FN5O5/c29-21-14-18(8-9-23(21)39-20-10-11-30-24(15-20)32-26(35)17-6-7-17)31-27(36)25-22-16-38-13-12-33(22)34(28(25)37)19-4-2-1-3-5-19/h1-5,8-11,14-15,17H,6-7,12-13,16H2,(H,31,36)(H,30,32,35). The van der Waals surface area contributed by atoms with E-state index in [1.165, 1.54) is 35.1 Å². The lowest BCUT2D eigenvalue weighted by Crippen LogP contribution is -2.26. The molecule has 39 heavy (non-hydrogen) atoms. The maximum Gasteiger partial charge on any atom is 0.284 e. The molecule has 10 nitrogen and oxygen atoms in total. The van der Waals surface area contributed by atoms with Crippen molar-refractivity contribution in [1.29, 1.82) is 0 Å². The molecule has 2 aromatic carbocycles. The molecule has 11 heteroatoms. The number of hydrogen-bond acceptors (Lipinski definition) is 6. The lowest BCUT2D eigenvalue weighted by Gasteiger charge is -2.19. The van der Waals surface area contributed by atoms with Crippen LogP contribution < -0.4 is 20.9 Å². The minimum Gasteiger partial charge on any atom is -0.454 e. The third kappa shape index (κ3) is 5.04. The van der Waals surface area contributed by atoms with Gasteiger partial charge < -0.3 is 20.1 Å². The molecule has 0 spiro atoms. The summed E-state index contributed by atoms with van der Waals surface area (Å²) >= 11 is 0. The van der Waals surface area contributed by atoms with Crippen molar-refractivity contribution in [1.82, 2.24) is 14.3 Å². The fraction of sp³-hybridized carbons (Fsp3) is 0.214. The van der Waals surface area contributed by atoms with Crippen LogP contribution in [0, 0.1) is 11.7 Å². The van der Waals surface area contributed by atoms with Crippen molar-refractivity contribution < 1.29 is 23.5 Å². The number of aromatic nitrogens is 3. The minimum atomic E-state index is -0.725. The number of rotatable bonds is 7. The molecule has 0 saturated heterocycles. The molecule has 2 aliphatic rings. The zero-order valence-electron chi connectivity index (χ0n) is 20.7. The normalized spacial score (nSPS) is 14.4. The monoisotopic (exact) mass is 529 g/mol. The van der Waals surface area contributed by atoms with Gasteiger partial charge in [-0.2, -0.15) is 0 Å². The minimum absolute atomic E-state index is 0.0165. The van der Waals surface area contributed by atoms with E-state index in [1.807, 2.05) is 18.2 Å². The number of carbonyl (C=O) groups excluding carboxylic acids is 2. The highest BCUT2D eigenvalue weighted by Crippen LogP contribution is 2.31. The lowest BCUT2D eigenvalue weighted by atomic mass is 10.2. The Morgan fingerprint density at radius 2 is 1.87 bits per heavy atom. The molecule has 0 unspecified atom stereocenters. The van der Waals surface area contributed by atoms with E-state index in [0.29, 0.717) is 30.4 Å². The lowest BCUT2D eigenvalue weighted by molar-refractivity contribution is -0.117. The number of halogens is 1. The number of pyridine rings is 1. The van der Waals surface area contributed by atoms with Gasteiger partial charge in [0, 0.05) is 29.9 Å². The second kappa shape index (κ2) is 10.2. The van der Waals surface area contributed by atoms with E-state index >= 15 is 0 Å². The zero-order chi connectivity index (χ0) is 26.9. The first kappa shape index (κ1) is 24.6. The molecule has 0 radical (unpaired) electrons. The Bertz CT molecular complexity index is 1630. The zero-order valence-corrected chi connectivity index (χ0v) is 20.7. The van der Waals surface area contributed by atoms with Crippen LogP contribution in [0.1, 0.15) is 28.9 Å². The largest absolute Gasteiger partial charge is 0.454 e. The molecule has 198 valence electrons. The van der Waals surface area contributed by atoms with E-state index in [2.05, 4.69) is 15.6 Å². The first-order valence-electron chi connectivity index (χ1n) is 12.5. The van der Waals surface area contributed by atoms with Gasteiger partial charge >= 0.3 is 0 Å². The average Bonchev–Trinajstić information content (AvgIpc) is 3.74. The van der Waals surface area contributed by atoms with Crippen molar-refractivity contribution in [3.05, 3.63) is 94.3 Å². The van der Waals surface area contributed by atoms with E-state index in [9.17, 15) is 18.8 Å². The maximum atomic E-state index is 14.9. The molecule has 1 aliphatic carbocycles. The molecular formula is C28H24FN5O5. The quantitative estimate of drug-likeness (QED) is 0.373. The number of carbonyl (C=O) groups is 2. The second-order valence-corrected chi connectivity index (χ2v) is 9.29. The first-order valence-corrected chi connectivity index (χ1v) is 12.5. The summed E-state index contributed by atoms with van der Waals surface area (Å²) in [6.45, 7) is 0.927. The van der Waals surface area contributed by atoms with Gasteiger partial charge in [0.2, 0.25) is 5.91 Å². The third-order valence-corrected chi connectivity index (χ3v) is 6.51. The van der Waals surface area contributed by atoms with Crippen LogP contribution in [0.25, 0.3) is 5.69 Å². The van der Waals surface area contributed by atoms with Gasteiger partial charge in [0.15, 0.2) is 11.6 Å². The fourth-order valence-electron chi connectivity index (χ4n) is 4.44. The summed E-state index contributed by atoms with van der Waals surface area (Å²) < 4.78 is 29.3. The third-order valence-electron chi connectivity index (χ3n) is 6.51. The predicted molar refractivity (Wildman–Crippen MR) is 140 cm³/mol. The molecular weight excluding hydrogens is 505 g/mol. The van der Waals surface area contributed by atoms with E-state index in [0.717, 1.165) is 18.9 Å². The Hall–Kier alpha value is -4.77. The van der Waals surface area contributed by atoms with Crippen LogP contribution in [0.3, 0.4) is 0 Å². The van der Waals surface area contributed by atoms with Crippen molar-refractivity contribution >= 4 is 23.3 Å². The van der Waals surface area contributed by atoms with Gasteiger partial charge in [-0.25, -0.2) is 14.1 Å². The van der Waals surface area contributed by atoms with E-state index < -0.39 is 17.3 Å². The van der Waals surface area contributed by atoms with E-state index in [1.54, 1.807) is 16.8 Å². The summed E-state index contributed by atoms with van der Waals surface area (Å²) in [5.74, 6) is -0.956. The molecule has 2 N–H and O–H groups in total.